The number of hydrogen-bond acceptors (Lipinski definition) is 7. The molecule has 3 aromatic rings. The number of unbranched alkanes of at least 4 members (excludes halogenated alkanes) is 1. The van der Waals surface area contributed by atoms with E-state index in [0.717, 1.165) is 44.5 Å². The molecule has 2 aromatic heterocycles. The molecule has 0 amide bonds. The fraction of sp³-hybridized carbons (Fsp3) is 0.364. The summed E-state index contributed by atoms with van der Waals surface area (Å²) in [6, 6.07) is 10.4. The van der Waals surface area contributed by atoms with Crippen molar-refractivity contribution in [2.45, 2.75) is 37.1 Å². The van der Waals surface area contributed by atoms with Crippen molar-refractivity contribution in [3.63, 3.8) is 0 Å². The highest BCUT2D eigenvalue weighted by Gasteiger charge is 2.28. The van der Waals surface area contributed by atoms with Gasteiger partial charge in [0.15, 0.2) is 5.82 Å². The average molecular weight is 452 g/mol. The predicted octanol–water partition coefficient (Wildman–Crippen LogP) is 3.09. The molecule has 0 spiro atoms. The molecule has 0 bridgehead atoms. The molecular weight excluding hydrogens is 426 g/mol. The van der Waals surface area contributed by atoms with E-state index in [-0.39, 0.29) is 16.8 Å². The van der Waals surface area contributed by atoms with Crippen LogP contribution in [-0.2, 0) is 10.0 Å². The number of fused-ring (bicyclic) bond motifs is 1. The zero-order chi connectivity index (χ0) is 22.7. The van der Waals surface area contributed by atoms with Crippen LogP contribution in [0, 0.1) is 23.7 Å². The minimum Gasteiger partial charge on any atom is -0.323 e. The minimum atomic E-state index is -3.84. The number of aryl methyl sites for hydroxylation is 1. The van der Waals surface area contributed by atoms with Gasteiger partial charge in [-0.1, -0.05) is 18.2 Å². The zero-order valence-corrected chi connectivity index (χ0v) is 18.6. The first-order valence-electron chi connectivity index (χ1n) is 10.5. The Morgan fingerprint density at radius 2 is 2.12 bits per heavy atom. The Morgan fingerprint density at radius 3 is 2.84 bits per heavy atom. The van der Waals surface area contributed by atoms with Gasteiger partial charge in [0.25, 0.3) is 10.0 Å². The number of nitriles is 1. The van der Waals surface area contributed by atoms with Gasteiger partial charge in [-0.05, 0) is 38.4 Å². The Bertz CT molecular complexity index is 1280. The van der Waals surface area contributed by atoms with Gasteiger partial charge in [-0.2, -0.15) is 5.26 Å². The van der Waals surface area contributed by atoms with E-state index in [0.29, 0.717) is 23.0 Å². The van der Waals surface area contributed by atoms with Crippen molar-refractivity contribution in [1.29, 1.82) is 10.7 Å². The van der Waals surface area contributed by atoms with E-state index in [1.54, 1.807) is 24.4 Å². The molecule has 9 nitrogen and oxygen atoms in total. The third-order valence-electron chi connectivity index (χ3n) is 5.75. The number of imidazole rings is 1. The lowest BCUT2D eigenvalue weighted by Gasteiger charge is -2.19. The van der Waals surface area contributed by atoms with Crippen molar-refractivity contribution in [3.8, 4) is 6.07 Å². The summed E-state index contributed by atoms with van der Waals surface area (Å²) in [6.07, 6.45) is 4.99. The number of rotatable bonds is 8. The van der Waals surface area contributed by atoms with Crippen LogP contribution in [0.1, 0.15) is 36.7 Å². The monoisotopic (exact) mass is 451 g/mol. The van der Waals surface area contributed by atoms with Gasteiger partial charge in [0, 0.05) is 31.8 Å². The smallest absolute Gasteiger partial charge is 0.263 e. The minimum absolute atomic E-state index is 0.112. The van der Waals surface area contributed by atoms with Crippen LogP contribution in [0.15, 0.2) is 41.4 Å². The van der Waals surface area contributed by atoms with Gasteiger partial charge in [0.1, 0.15) is 11.3 Å². The Hall–Kier alpha value is -3.29. The predicted molar refractivity (Wildman–Crippen MR) is 122 cm³/mol. The van der Waals surface area contributed by atoms with E-state index in [1.165, 1.54) is 12.1 Å². The first kappa shape index (κ1) is 21.9. The van der Waals surface area contributed by atoms with E-state index in [2.05, 4.69) is 30.2 Å². The van der Waals surface area contributed by atoms with Crippen LogP contribution in [0.5, 0.6) is 0 Å². The molecule has 166 valence electrons. The normalized spacial score (nSPS) is 16.8. The summed E-state index contributed by atoms with van der Waals surface area (Å²) in [5, 5.41) is 16.8. The molecule has 4 rings (SSSR count). The molecule has 1 unspecified atom stereocenters. The molecule has 1 aliphatic rings. The third kappa shape index (κ3) is 4.22. The largest absolute Gasteiger partial charge is 0.323 e. The van der Waals surface area contributed by atoms with Gasteiger partial charge in [-0.15, -0.1) is 0 Å². The Labute approximate surface area is 187 Å². The molecule has 32 heavy (non-hydrogen) atoms. The SMILES string of the molecule is Cc1nc2cnc(NS(=O)(=O)c3ccccc3)c(C=N)c2n1C1CCN(CCCC#N)C1. The lowest BCUT2D eigenvalue weighted by Crippen LogP contribution is -2.23. The first-order valence-corrected chi connectivity index (χ1v) is 12.0. The number of aromatic nitrogens is 3. The average Bonchev–Trinajstić information content (AvgIpc) is 3.37. The lowest BCUT2D eigenvalue weighted by molar-refractivity contribution is 0.321. The summed E-state index contributed by atoms with van der Waals surface area (Å²) in [4.78, 5) is 11.4. The number of sulfonamides is 1. The molecule has 1 atom stereocenters. The quantitative estimate of drug-likeness (QED) is 0.400. The summed E-state index contributed by atoms with van der Waals surface area (Å²) in [6.45, 7) is 4.53. The molecule has 1 fully saturated rings. The summed E-state index contributed by atoms with van der Waals surface area (Å²) >= 11 is 0. The third-order valence-corrected chi connectivity index (χ3v) is 7.10. The zero-order valence-electron chi connectivity index (χ0n) is 17.8. The molecular formula is C22H25N7O2S. The van der Waals surface area contributed by atoms with Gasteiger partial charge >= 0.3 is 0 Å². The maximum atomic E-state index is 12.8. The van der Waals surface area contributed by atoms with Crippen LogP contribution >= 0.6 is 0 Å². The van der Waals surface area contributed by atoms with Crippen molar-refractivity contribution in [2.75, 3.05) is 24.4 Å². The Balaban J connectivity index is 1.70. The molecule has 0 radical (unpaired) electrons. The number of likely N-dealkylation sites (tertiary alicyclic amines) is 1. The van der Waals surface area contributed by atoms with Gasteiger partial charge in [-0.3, -0.25) is 4.72 Å². The van der Waals surface area contributed by atoms with Crippen LogP contribution in [0.25, 0.3) is 11.0 Å². The second-order valence-electron chi connectivity index (χ2n) is 7.85. The van der Waals surface area contributed by atoms with E-state index in [1.807, 2.05) is 6.92 Å². The Kier molecular flexibility index (Phi) is 6.21. The van der Waals surface area contributed by atoms with Crippen LogP contribution in [0.3, 0.4) is 0 Å². The van der Waals surface area contributed by atoms with Crippen LogP contribution in [0.2, 0.25) is 0 Å². The van der Waals surface area contributed by atoms with Gasteiger partial charge in [0.05, 0.1) is 28.2 Å². The number of hydrogen-bond donors (Lipinski definition) is 2. The van der Waals surface area contributed by atoms with E-state index < -0.39 is 10.0 Å². The van der Waals surface area contributed by atoms with E-state index in [4.69, 9.17) is 10.7 Å². The topological polar surface area (TPSA) is 128 Å². The van der Waals surface area contributed by atoms with Crippen molar-refractivity contribution in [2.24, 2.45) is 0 Å². The highest BCUT2D eigenvalue weighted by molar-refractivity contribution is 7.92. The van der Waals surface area contributed by atoms with E-state index >= 15 is 0 Å². The second kappa shape index (κ2) is 9.06. The van der Waals surface area contributed by atoms with Gasteiger partial charge in [0.2, 0.25) is 0 Å². The highest BCUT2D eigenvalue weighted by Crippen LogP contribution is 2.32. The molecule has 1 aliphatic heterocycles. The number of benzene rings is 1. The maximum Gasteiger partial charge on any atom is 0.263 e. The fourth-order valence-electron chi connectivity index (χ4n) is 4.29. The maximum absolute atomic E-state index is 12.8. The van der Waals surface area contributed by atoms with E-state index in [9.17, 15) is 8.42 Å². The lowest BCUT2D eigenvalue weighted by atomic mass is 10.2. The van der Waals surface area contributed by atoms with Crippen LogP contribution < -0.4 is 4.72 Å². The highest BCUT2D eigenvalue weighted by atomic mass is 32.2. The number of anilines is 1. The summed E-state index contributed by atoms with van der Waals surface area (Å²) in [5.74, 6) is 0.915. The van der Waals surface area contributed by atoms with Crippen LogP contribution in [0.4, 0.5) is 5.82 Å². The van der Waals surface area contributed by atoms with Crippen molar-refractivity contribution in [1.82, 2.24) is 19.4 Å². The molecule has 10 heteroatoms. The molecule has 1 saturated heterocycles. The number of nitrogens with one attached hydrogen (secondary N) is 2. The molecule has 0 aliphatic carbocycles. The summed E-state index contributed by atoms with van der Waals surface area (Å²) in [5.41, 5.74) is 1.74. The Morgan fingerprint density at radius 1 is 1.34 bits per heavy atom. The second-order valence-corrected chi connectivity index (χ2v) is 9.53. The number of pyridine rings is 1. The summed E-state index contributed by atoms with van der Waals surface area (Å²) in [7, 11) is -3.84. The van der Waals surface area contributed by atoms with Gasteiger partial charge in [-0.25, -0.2) is 18.4 Å². The van der Waals surface area contributed by atoms with Crippen LogP contribution in [-0.4, -0.2) is 53.7 Å². The van der Waals surface area contributed by atoms with Crippen molar-refractivity contribution in [3.05, 3.63) is 47.9 Å². The van der Waals surface area contributed by atoms with Gasteiger partial charge < -0.3 is 14.9 Å². The molecule has 0 saturated carbocycles. The summed E-state index contributed by atoms with van der Waals surface area (Å²) < 4.78 is 30.3. The fourth-order valence-corrected chi connectivity index (χ4v) is 5.34. The number of nitrogens with zero attached hydrogens (tertiary/aromatic N) is 5. The molecule has 3 heterocycles. The standard InChI is InChI=1S/C22H25N7O2S/c1-16-26-20-14-25-22(27-32(30,31)18-7-3-2-4-8-18)19(13-24)21(20)29(16)17-9-12-28(15-17)11-6-5-10-23/h2-4,7-8,13-14,17,24H,5-6,9,11-12,15H2,1H3,(H,25,27). The molecule has 1 aromatic carbocycles. The van der Waals surface area contributed by atoms with Crippen molar-refractivity contribution < 1.29 is 8.42 Å². The molecule has 2 N–H and O–H groups in total. The van der Waals surface area contributed by atoms with Crippen molar-refractivity contribution >= 4 is 33.1 Å². The first-order chi connectivity index (χ1) is 15.4.